The number of amides is 1. The number of ketones is 1. The number of carbonyl (C=O) groups is 2. The van der Waals surface area contributed by atoms with Gasteiger partial charge < -0.3 is 15.2 Å². The first-order valence-corrected chi connectivity index (χ1v) is 9.47. The van der Waals surface area contributed by atoms with Gasteiger partial charge in [0.1, 0.15) is 5.69 Å². The lowest BCUT2D eigenvalue weighted by atomic mass is 9.95. The highest BCUT2D eigenvalue weighted by Crippen LogP contribution is 2.24. The summed E-state index contributed by atoms with van der Waals surface area (Å²) in [5, 5.41) is 3.64. The Kier molecular flexibility index (Phi) is 7.77. The largest absolute Gasteiger partial charge is 0.355 e. The standard InChI is InChI=1S/C18H22Cl2N4O3/c1-3-11(2)16(21)14(25)6-9-24(18(26)17(19)20)12-4-7-22-13(10-12)15-5-8-23-27-15/h4-5,7-8,10-11,16-17H,3,6,9,21H2,1-2H3. The molecule has 2 N–H and O–H groups in total. The first-order valence-electron chi connectivity index (χ1n) is 8.60. The van der Waals surface area contributed by atoms with Gasteiger partial charge in [0, 0.05) is 30.9 Å². The minimum Gasteiger partial charge on any atom is -0.355 e. The van der Waals surface area contributed by atoms with Crippen molar-refractivity contribution in [3.63, 3.8) is 0 Å². The van der Waals surface area contributed by atoms with E-state index in [9.17, 15) is 9.59 Å². The molecule has 0 bridgehead atoms. The number of alkyl halides is 2. The van der Waals surface area contributed by atoms with E-state index in [0.717, 1.165) is 6.42 Å². The molecule has 27 heavy (non-hydrogen) atoms. The molecule has 2 aromatic heterocycles. The summed E-state index contributed by atoms with van der Waals surface area (Å²) in [6, 6.07) is 4.36. The van der Waals surface area contributed by atoms with Gasteiger partial charge in [0.15, 0.2) is 16.4 Å². The van der Waals surface area contributed by atoms with E-state index in [1.807, 2.05) is 13.8 Å². The van der Waals surface area contributed by atoms with E-state index in [-0.39, 0.29) is 24.7 Å². The van der Waals surface area contributed by atoms with Crippen LogP contribution < -0.4 is 10.6 Å². The Morgan fingerprint density at radius 3 is 2.63 bits per heavy atom. The van der Waals surface area contributed by atoms with Gasteiger partial charge in [0.2, 0.25) is 0 Å². The fraction of sp³-hybridized carbons (Fsp3) is 0.444. The van der Waals surface area contributed by atoms with Crippen LogP contribution in [0.1, 0.15) is 26.7 Å². The molecule has 2 unspecified atom stereocenters. The molecule has 146 valence electrons. The van der Waals surface area contributed by atoms with Crippen LogP contribution in [0.5, 0.6) is 0 Å². The van der Waals surface area contributed by atoms with Gasteiger partial charge in [0.05, 0.1) is 12.2 Å². The lowest BCUT2D eigenvalue weighted by Gasteiger charge is -2.24. The van der Waals surface area contributed by atoms with Gasteiger partial charge in [-0.1, -0.05) is 48.6 Å². The van der Waals surface area contributed by atoms with Gasteiger partial charge in [0.25, 0.3) is 5.91 Å². The monoisotopic (exact) mass is 412 g/mol. The quantitative estimate of drug-likeness (QED) is 0.634. The lowest BCUT2D eigenvalue weighted by molar-refractivity contribution is -0.121. The zero-order chi connectivity index (χ0) is 20.0. The van der Waals surface area contributed by atoms with Gasteiger partial charge in [-0.25, -0.2) is 0 Å². The Labute approximate surface area is 167 Å². The van der Waals surface area contributed by atoms with E-state index in [1.54, 1.807) is 18.2 Å². The van der Waals surface area contributed by atoms with Crippen LogP contribution >= 0.6 is 23.2 Å². The number of aromatic nitrogens is 2. The van der Waals surface area contributed by atoms with Crippen LogP contribution in [-0.2, 0) is 9.59 Å². The van der Waals surface area contributed by atoms with Crippen molar-refractivity contribution < 1.29 is 14.1 Å². The first kappa shape index (κ1) is 21.3. The van der Waals surface area contributed by atoms with Gasteiger partial charge >= 0.3 is 0 Å². The van der Waals surface area contributed by atoms with Crippen LogP contribution in [0.25, 0.3) is 11.5 Å². The highest BCUT2D eigenvalue weighted by molar-refractivity contribution is 6.54. The summed E-state index contributed by atoms with van der Waals surface area (Å²) in [6.45, 7) is 4.00. The minimum atomic E-state index is -1.26. The molecular weight excluding hydrogens is 391 g/mol. The van der Waals surface area contributed by atoms with E-state index in [0.29, 0.717) is 17.1 Å². The first-order chi connectivity index (χ1) is 12.8. The number of anilines is 1. The molecular formula is C18H22Cl2N4O3. The van der Waals surface area contributed by atoms with Gasteiger partial charge in [-0.2, -0.15) is 0 Å². The van der Waals surface area contributed by atoms with Crippen LogP contribution in [0.15, 0.2) is 35.1 Å². The average molecular weight is 413 g/mol. The molecule has 2 heterocycles. The molecule has 0 aliphatic heterocycles. The third-order valence-electron chi connectivity index (χ3n) is 4.41. The second-order valence-corrected chi connectivity index (χ2v) is 7.29. The van der Waals surface area contributed by atoms with E-state index in [4.69, 9.17) is 33.5 Å². The van der Waals surface area contributed by atoms with Crippen LogP contribution in [0, 0.1) is 5.92 Å². The molecule has 2 rings (SSSR count). The molecule has 0 aliphatic carbocycles. The topological polar surface area (TPSA) is 102 Å². The average Bonchev–Trinajstić information content (AvgIpc) is 3.21. The Hall–Kier alpha value is -1.96. The number of carbonyl (C=O) groups excluding carboxylic acids is 2. The normalized spacial score (nSPS) is 13.4. The molecule has 0 radical (unpaired) electrons. The zero-order valence-electron chi connectivity index (χ0n) is 15.1. The molecule has 0 saturated heterocycles. The number of hydrogen-bond donors (Lipinski definition) is 1. The number of halogens is 2. The summed E-state index contributed by atoms with van der Waals surface area (Å²) in [5.41, 5.74) is 6.98. The highest BCUT2D eigenvalue weighted by Gasteiger charge is 2.25. The van der Waals surface area contributed by atoms with E-state index in [2.05, 4.69) is 10.1 Å². The van der Waals surface area contributed by atoms with Crippen LogP contribution in [0.2, 0.25) is 0 Å². The van der Waals surface area contributed by atoms with E-state index < -0.39 is 16.8 Å². The molecule has 2 atom stereocenters. The second-order valence-electron chi connectivity index (χ2n) is 6.19. The molecule has 0 spiro atoms. The molecule has 2 aromatic rings. The van der Waals surface area contributed by atoms with Gasteiger partial charge in [-0.3, -0.25) is 14.6 Å². The fourth-order valence-corrected chi connectivity index (χ4v) is 2.75. The number of pyridine rings is 1. The molecule has 0 fully saturated rings. The second kappa shape index (κ2) is 9.82. The van der Waals surface area contributed by atoms with Crippen molar-refractivity contribution >= 4 is 40.6 Å². The summed E-state index contributed by atoms with van der Waals surface area (Å²) in [5.74, 6) is -0.132. The van der Waals surface area contributed by atoms with Gasteiger partial charge in [-0.15, -0.1) is 0 Å². The zero-order valence-corrected chi connectivity index (χ0v) is 16.7. The fourth-order valence-electron chi connectivity index (χ4n) is 2.51. The summed E-state index contributed by atoms with van der Waals surface area (Å²) >= 11 is 11.6. The summed E-state index contributed by atoms with van der Waals surface area (Å²) in [7, 11) is 0. The Morgan fingerprint density at radius 1 is 1.30 bits per heavy atom. The van der Waals surface area contributed by atoms with Crippen molar-refractivity contribution in [1.29, 1.82) is 0 Å². The predicted molar refractivity (Wildman–Crippen MR) is 105 cm³/mol. The van der Waals surface area contributed by atoms with Gasteiger partial charge in [-0.05, 0) is 18.1 Å². The summed E-state index contributed by atoms with van der Waals surface area (Å²) in [6.07, 6.45) is 3.91. The number of nitrogens with zero attached hydrogens (tertiary/aromatic N) is 3. The number of Topliss-reactive ketones (excluding diaryl/α,β-unsaturated/α-hetero) is 1. The third-order valence-corrected chi connectivity index (χ3v) is 4.78. The third kappa shape index (κ3) is 5.51. The lowest BCUT2D eigenvalue weighted by Crippen LogP contribution is -2.41. The Balaban J connectivity index is 2.22. The van der Waals surface area contributed by atoms with Crippen LogP contribution in [0.4, 0.5) is 5.69 Å². The minimum absolute atomic E-state index is 0.0643. The van der Waals surface area contributed by atoms with Crippen molar-refractivity contribution in [1.82, 2.24) is 10.1 Å². The summed E-state index contributed by atoms with van der Waals surface area (Å²) < 4.78 is 5.09. The van der Waals surface area contributed by atoms with E-state index in [1.165, 1.54) is 17.3 Å². The summed E-state index contributed by atoms with van der Waals surface area (Å²) in [4.78, 5) is 29.1. The van der Waals surface area contributed by atoms with Crippen molar-refractivity contribution in [2.75, 3.05) is 11.4 Å². The Bertz CT molecular complexity index is 768. The van der Waals surface area contributed by atoms with Crippen molar-refractivity contribution in [3.05, 3.63) is 30.6 Å². The molecule has 0 aliphatic rings. The number of nitrogens with two attached hydrogens (primary N) is 1. The highest BCUT2D eigenvalue weighted by atomic mass is 35.5. The smallest absolute Gasteiger partial charge is 0.260 e. The Morgan fingerprint density at radius 2 is 2.04 bits per heavy atom. The maximum absolute atomic E-state index is 12.5. The molecule has 0 aromatic carbocycles. The predicted octanol–water partition coefficient (Wildman–Crippen LogP) is 3.21. The molecule has 9 heteroatoms. The van der Waals surface area contributed by atoms with Crippen molar-refractivity contribution in [3.8, 4) is 11.5 Å². The molecule has 1 amide bonds. The number of hydrogen-bond acceptors (Lipinski definition) is 6. The maximum Gasteiger partial charge on any atom is 0.260 e. The van der Waals surface area contributed by atoms with Crippen LogP contribution in [-0.4, -0.2) is 39.3 Å². The van der Waals surface area contributed by atoms with Crippen LogP contribution in [0.3, 0.4) is 0 Å². The maximum atomic E-state index is 12.5. The van der Waals surface area contributed by atoms with E-state index >= 15 is 0 Å². The SMILES string of the molecule is CCC(C)C(N)C(=O)CCN(C(=O)C(Cl)Cl)c1ccnc(-c2ccno2)c1. The molecule has 0 saturated carbocycles. The van der Waals surface area contributed by atoms with Crippen molar-refractivity contribution in [2.24, 2.45) is 11.7 Å². The molecule has 7 nitrogen and oxygen atoms in total. The number of rotatable bonds is 9. The van der Waals surface area contributed by atoms with Crippen molar-refractivity contribution in [2.45, 2.75) is 37.6 Å².